The summed E-state index contributed by atoms with van der Waals surface area (Å²) in [5.41, 5.74) is 4.75. The summed E-state index contributed by atoms with van der Waals surface area (Å²) in [5, 5.41) is 6.21. The van der Waals surface area contributed by atoms with E-state index in [2.05, 4.69) is 45.6 Å². The number of carbonyl (C=O) groups is 1. The number of para-hydroxylation sites is 1. The number of hydrogen-bond donors (Lipinski definition) is 2. The molecule has 0 aromatic heterocycles. The van der Waals surface area contributed by atoms with Crippen LogP contribution >= 0.6 is 28.1 Å². The van der Waals surface area contributed by atoms with Gasteiger partial charge in [0.05, 0.1) is 12.2 Å². The van der Waals surface area contributed by atoms with Crippen LogP contribution in [0.3, 0.4) is 0 Å². The van der Waals surface area contributed by atoms with Crippen molar-refractivity contribution in [3.63, 3.8) is 0 Å². The topological polar surface area (TPSA) is 50.4 Å². The summed E-state index contributed by atoms with van der Waals surface area (Å²) < 4.78 is 6.72. The molecule has 0 heterocycles. The lowest BCUT2D eigenvalue weighted by atomic mass is 10.1. The summed E-state index contributed by atoms with van der Waals surface area (Å²) in [6.07, 6.45) is 1.62. The monoisotopic (exact) mass is 496 g/mol. The average molecular weight is 497 g/mol. The van der Waals surface area contributed by atoms with E-state index in [9.17, 15) is 4.79 Å². The second-order valence-electron chi connectivity index (χ2n) is 7.10. The number of hydrogen-bond acceptors (Lipinski definition) is 3. The Balaban J connectivity index is 1.68. The lowest BCUT2D eigenvalue weighted by molar-refractivity contribution is 0.0973. The second-order valence-corrected chi connectivity index (χ2v) is 8.42. The maximum Gasteiger partial charge on any atom is 0.261 e. The van der Waals surface area contributed by atoms with Gasteiger partial charge in [0.2, 0.25) is 0 Å². The van der Waals surface area contributed by atoms with Crippen molar-refractivity contribution < 1.29 is 9.53 Å². The quantitative estimate of drug-likeness (QED) is 0.389. The van der Waals surface area contributed by atoms with Gasteiger partial charge in [0.1, 0.15) is 5.75 Å². The minimum atomic E-state index is -0.319. The molecule has 0 fully saturated rings. The fourth-order valence-electron chi connectivity index (χ4n) is 3.25. The molecule has 0 atom stereocenters. The minimum Gasteiger partial charge on any atom is -0.492 e. The average Bonchev–Trinajstić information content (AvgIpc) is 2.76. The molecule has 1 amide bonds. The molecule has 3 rings (SSSR count). The molecular weight excluding hydrogens is 472 g/mol. The van der Waals surface area contributed by atoms with Crippen molar-refractivity contribution in [2.24, 2.45) is 0 Å². The van der Waals surface area contributed by atoms with Gasteiger partial charge >= 0.3 is 0 Å². The van der Waals surface area contributed by atoms with E-state index in [1.807, 2.05) is 49.4 Å². The van der Waals surface area contributed by atoms with Crippen LogP contribution in [0.25, 0.3) is 0 Å². The van der Waals surface area contributed by atoms with Gasteiger partial charge in [-0.25, -0.2) is 0 Å². The lowest BCUT2D eigenvalue weighted by Gasteiger charge is -2.16. The van der Waals surface area contributed by atoms with Gasteiger partial charge in [0, 0.05) is 16.6 Å². The van der Waals surface area contributed by atoms with Crippen LogP contribution in [0, 0.1) is 6.92 Å². The fourth-order valence-corrected chi connectivity index (χ4v) is 3.80. The summed E-state index contributed by atoms with van der Waals surface area (Å²) in [6, 6.07) is 21.5. The number of nitrogens with one attached hydrogen (secondary N) is 2. The van der Waals surface area contributed by atoms with E-state index in [1.54, 1.807) is 12.1 Å². The van der Waals surface area contributed by atoms with Crippen molar-refractivity contribution in [3.8, 4) is 5.75 Å². The van der Waals surface area contributed by atoms with Crippen LogP contribution in [0.15, 0.2) is 71.2 Å². The number of anilines is 1. The molecule has 31 heavy (non-hydrogen) atoms. The van der Waals surface area contributed by atoms with Crippen LogP contribution in [-0.2, 0) is 12.8 Å². The third kappa shape index (κ3) is 6.39. The van der Waals surface area contributed by atoms with Gasteiger partial charge in [0.25, 0.3) is 5.91 Å². The smallest absolute Gasteiger partial charge is 0.261 e. The second kappa shape index (κ2) is 11.1. The highest BCUT2D eigenvalue weighted by molar-refractivity contribution is 9.10. The zero-order valence-corrected chi connectivity index (χ0v) is 20.0. The van der Waals surface area contributed by atoms with Crippen LogP contribution < -0.4 is 15.4 Å². The van der Waals surface area contributed by atoms with E-state index < -0.39 is 0 Å². The first-order valence-corrected chi connectivity index (χ1v) is 11.3. The largest absolute Gasteiger partial charge is 0.492 e. The zero-order valence-electron chi connectivity index (χ0n) is 17.6. The molecule has 4 nitrogen and oxygen atoms in total. The first-order valence-electron chi connectivity index (χ1n) is 10.1. The Morgan fingerprint density at radius 2 is 1.84 bits per heavy atom. The third-order valence-corrected chi connectivity index (χ3v) is 5.58. The predicted molar refractivity (Wildman–Crippen MR) is 134 cm³/mol. The normalized spacial score (nSPS) is 10.4. The fraction of sp³-hybridized carbons (Fsp3) is 0.200. The molecule has 0 bridgehead atoms. The molecule has 3 aromatic carbocycles. The first kappa shape index (κ1) is 23.0. The van der Waals surface area contributed by atoms with Crippen LogP contribution in [0.2, 0.25) is 0 Å². The highest BCUT2D eigenvalue weighted by atomic mass is 79.9. The van der Waals surface area contributed by atoms with Crippen LogP contribution in [0.4, 0.5) is 5.69 Å². The van der Waals surface area contributed by atoms with Crippen molar-refractivity contribution in [1.29, 1.82) is 0 Å². The number of ether oxygens (including phenoxy) is 1. The number of benzene rings is 3. The highest BCUT2D eigenvalue weighted by Crippen LogP contribution is 2.24. The van der Waals surface area contributed by atoms with Gasteiger partial charge in [-0.05, 0) is 60.5 Å². The van der Waals surface area contributed by atoms with Gasteiger partial charge in [0.15, 0.2) is 5.11 Å². The van der Waals surface area contributed by atoms with Gasteiger partial charge in [-0.2, -0.15) is 0 Å². The van der Waals surface area contributed by atoms with Crippen molar-refractivity contribution in [2.75, 3.05) is 11.9 Å². The number of amides is 1. The molecule has 0 unspecified atom stereocenters. The van der Waals surface area contributed by atoms with Gasteiger partial charge in [-0.3, -0.25) is 10.1 Å². The summed E-state index contributed by atoms with van der Waals surface area (Å²) in [5.74, 6) is 0.199. The maximum absolute atomic E-state index is 13.0. The van der Waals surface area contributed by atoms with Crippen molar-refractivity contribution in [3.05, 3.63) is 93.5 Å². The van der Waals surface area contributed by atoms with E-state index in [1.165, 1.54) is 5.56 Å². The molecule has 0 aliphatic rings. The Morgan fingerprint density at radius 3 is 2.58 bits per heavy atom. The molecule has 0 saturated carbocycles. The Bertz CT molecular complexity index is 1070. The Hall–Kier alpha value is -2.70. The molecule has 0 aliphatic heterocycles. The van der Waals surface area contributed by atoms with Crippen LogP contribution in [0.1, 0.15) is 34.0 Å². The number of aryl methyl sites for hydroxylation is 2. The number of rotatable bonds is 7. The summed E-state index contributed by atoms with van der Waals surface area (Å²) in [4.78, 5) is 13.0. The van der Waals surface area contributed by atoms with E-state index in [0.717, 1.165) is 34.1 Å². The molecule has 160 valence electrons. The van der Waals surface area contributed by atoms with Crippen molar-refractivity contribution >= 4 is 44.9 Å². The van der Waals surface area contributed by atoms with Crippen LogP contribution in [0.5, 0.6) is 5.75 Å². The van der Waals surface area contributed by atoms with E-state index in [4.69, 9.17) is 17.0 Å². The van der Waals surface area contributed by atoms with Gasteiger partial charge in [-0.15, -0.1) is 0 Å². The van der Waals surface area contributed by atoms with Crippen molar-refractivity contribution in [1.82, 2.24) is 5.32 Å². The van der Waals surface area contributed by atoms with Gasteiger partial charge in [-0.1, -0.05) is 71.4 Å². The first-order chi connectivity index (χ1) is 15.0. The number of carbonyl (C=O) groups excluding carboxylic acids is 1. The van der Waals surface area contributed by atoms with E-state index in [-0.39, 0.29) is 11.0 Å². The van der Waals surface area contributed by atoms with E-state index >= 15 is 0 Å². The minimum absolute atomic E-state index is 0.254. The summed E-state index contributed by atoms with van der Waals surface area (Å²) >= 11 is 8.85. The molecule has 6 heteroatoms. The molecule has 0 aliphatic carbocycles. The molecule has 0 spiro atoms. The summed E-state index contributed by atoms with van der Waals surface area (Å²) in [6.45, 7) is 4.57. The molecule has 0 saturated heterocycles. The molecular formula is C25H25BrN2O2S. The zero-order chi connectivity index (χ0) is 22.2. The predicted octanol–water partition coefficient (Wildman–Crippen LogP) is 6.07. The molecule has 0 radical (unpaired) electrons. The Labute approximate surface area is 197 Å². The maximum atomic E-state index is 13.0. The number of thiocarbonyl (C=S) groups is 1. The number of halogens is 1. The lowest BCUT2D eigenvalue weighted by Crippen LogP contribution is -2.34. The van der Waals surface area contributed by atoms with Crippen molar-refractivity contribution in [2.45, 2.75) is 26.7 Å². The molecule has 2 N–H and O–H groups in total. The third-order valence-electron chi connectivity index (χ3n) is 4.88. The Morgan fingerprint density at radius 1 is 1.06 bits per heavy atom. The van der Waals surface area contributed by atoms with E-state index in [0.29, 0.717) is 17.9 Å². The summed E-state index contributed by atoms with van der Waals surface area (Å²) in [7, 11) is 0. The Kier molecular flexibility index (Phi) is 8.20. The van der Waals surface area contributed by atoms with Gasteiger partial charge < -0.3 is 10.1 Å². The molecule has 3 aromatic rings. The highest BCUT2D eigenvalue weighted by Gasteiger charge is 2.16. The SMILES string of the molecule is CCc1cccc(C)c1NC(=S)NC(=O)c1cc(Br)ccc1OCCc1ccccc1. The van der Waals surface area contributed by atoms with Crippen LogP contribution in [-0.4, -0.2) is 17.6 Å². The standard InChI is InChI=1S/C25H25BrN2O2S/c1-3-19-11-7-8-17(2)23(19)27-25(31)28-24(29)21-16-20(26)12-13-22(21)30-15-14-18-9-5-4-6-10-18/h4-13,16H,3,14-15H2,1-2H3,(H2,27,28,29,31).